The minimum absolute atomic E-state index is 0.186. The van der Waals surface area contributed by atoms with E-state index in [-0.39, 0.29) is 5.54 Å². The first-order valence-corrected chi connectivity index (χ1v) is 12.3. The minimum Gasteiger partial charge on any atom is -0.291 e. The van der Waals surface area contributed by atoms with Crippen LogP contribution < -0.4 is 0 Å². The highest BCUT2D eigenvalue weighted by Gasteiger charge is 2.24. The molecule has 0 saturated heterocycles. The fourth-order valence-corrected chi connectivity index (χ4v) is 4.00. The van der Waals surface area contributed by atoms with Gasteiger partial charge in [-0.25, -0.2) is 0 Å². The van der Waals surface area contributed by atoms with E-state index in [1.807, 2.05) is 0 Å². The topological polar surface area (TPSA) is 3.24 Å². The molecule has 31 heavy (non-hydrogen) atoms. The van der Waals surface area contributed by atoms with E-state index in [0.29, 0.717) is 0 Å². The summed E-state index contributed by atoms with van der Waals surface area (Å²) in [5, 5.41) is 0. The van der Waals surface area contributed by atoms with Crippen LogP contribution in [0.25, 0.3) is 12.2 Å². The predicted molar refractivity (Wildman–Crippen MR) is 139 cm³/mol. The van der Waals surface area contributed by atoms with Gasteiger partial charge in [0.25, 0.3) is 0 Å². The number of nitrogens with zero attached hydrogens (tertiary/aromatic N) is 1. The van der Waals surface area contributed by atoms with E-state index < -0.39 is 0 Å². The molecule has 0 N–H and O–H groups in total. The Bertz CT molecular complexity index is 691. The molecule has 0 atom stereocenters. The Balaban J connectivity index is 1.92. The van der Waals surface area contributed by atoms with Gasteiger partial charge in [0.2, 0.25) is 0 Å². The molecule has 0 fully saturated rings. The molecule has 1 nitrogen and oxygen atoms in total. The zero-order valence-corrected chi connectivity index (χ0v) is 20.1. The van der Waals surface area contributed by atoms with Gasteiger partial charge in [0.1, 0.15) is 0 Å². The summed E-state index contributed by atoms with van der Waals surface area (Å²) < 4.78 is 0. The summed E-state index contributed by atoms with van der Waals surface area (Å²) in [4.78, 5) is 2.61. The Morgan fingerprint density at radius 2 is 1.10 bits per heavy atom. The van der Waals surface area contributed by atoms with Crippen LogP contribution in [-0.4, -0.2) is 23.5 Å². The van der Waals surface area contributed by atoms with Crippen molar-refractivity contribution >= 4 is 12.2 Å². The molecule has 0 aliphatic rings. The van der Waals surface area contributed by atoms with Crippen LogP contribution in [0, 0.1) is 0 Å². The van der Waals surface area contributed by atoms with Crippen molar-refractivity contribution in [1.82, 2.24) is 4.90 Å². The van der Waals surface area contributed by atoms with Crippen LogP contribution in [0.15, 0.2) is 72.8 Å². The van der Waals surface area contributed by atoms with Crippen molar-refractivity contribution in [1.29, 1.82) is 0 Å². The van der Waals surface area contributed by atoms with Gasteiger partial charge in [0.05, 0.1) is 0 Å². The molecule has 0 aromatic heterocycles. The lowest BCUT2D eigenvalue weighted by molar-refractivity contribution is 0.139. The van der Waals surface area contributed by atoms with Crippen molar-refractivity contribution in [2.45, 2.75) is 77.7 Å². The zero-order valence-electron chi connectivity index (χ0n) is 20.1. The van der Waals surface area contributed by atoms with Gasteiger partial charge in [-0.15, -0.1) is 0 Å². The average Bonchev–Trinajstić information content (AvgIpc) is 2.79. The molecule has 1 heteroatoms. The Labute approximate surface area is 191 Å². The summed E-state index contributed by atoms with van der Waals surface area (Å²) in [6, 6.07) is 21.2. The second-order valence-corrected chi connectivity index (χ2v) is 9.21. The highest BCUT2D eigenvalue weighted by molar-refractivity contribution is 5.49. The van der Waals surface area contributed by atoms with Crippen LogP contribution in [0.1, 0.15) is 83.3 Å². The van der Waals surface area contributed by atoms with Gasteiger partial charge >= 0.3 is 0 Å². The molecular weight excluding hydrogens is 374 g/mol. The van der Waals surface area contributed by atoms with Crippen molar-refractivity contribution in [3.8, 4) is 0 Å². The highest BCUT2D eigenvalue weighted by Crippen LogP contribution is 2.23. The number of rotatable bonds is 15. The van der Waals surface area contributed by atoms with Crippen LogP contribution in [0.3, 0.4) is 0 Å². The zero-order chi connectivity index (χ0) is 22.2. The molecule has 0 unspecified atom stereocenters. The quantitative estimate of drug-likeness (QED) is 0.262. The Morgan fingerprint density at radius 3 is 1.58 bits per heavy atom. The maximum atomic E-state index is 2.61. The molecule has 2 rings (SSSR count). The second kappa shape index (κ2) is 14.8. The van der Waals surface area contributed by atoms with Gasteiger partial charge in [-0.3, -0.25) is 4.90 Å². The van der Waals surface area contributed by atoms with Gasteiger partial charge in [0, 0.05) is 18.6 Å². The van der Waals surface area contributed by atoms with Gasteiger partial charge in [-0.2, -0.15) is 0 Å². The van der Waals surface area contributed by atoms with Crippen molar-refractivity contribution in [3.05, 3.63) is 83.9 Å². The second-order valence-electron chi connectivity index (χ2n) is 9.21. The first-order chi connectivity index (χ1) is 15.1. The van der Waals surface area contributed by atoms with E-state index in [0.717, 1.165) is 13.1 Å². The van der Waals surface area contributed by atoms with Crippen molar-refractivity contribution in [2.75, 3.05) is 13.1 Å². The van der Waals surface area contributed by atoms with Gasteiger partial charge in [-0.1, -0.05) is 137 Å². The van der Waals surface area contributed by atoms with Crippen LogP contribution >= 0.6 is 0 Å². The summed E-state index contributed by atoms with van der Waals surface area (Å²) in [5.74, 6) is 0. The summed E-state index contributed by atoms with van der Waals surface area (Å²) in [5.41, 5.74) is 2.73. The largest absolute Gasteiger partial charge is 0.291 e. The molecule has 0 amide bonds. The minimum atomic E-state index is 0.186. The molecule has 0 radical (unpaired) electrons. The predicted octanol–water partition coefficient (Wildman–Crippen LogP) is 8.63. The van der Waals surface area contributed by atoms with E-state index in [1.54, 1.807) is 0 Å². The lowest BCUT2D eigenvalue weighted by Crippen LogP contribution is -2.44. The molecule has 0 heterocycles. The number of hydrogen-bond acceptors (Lipinski definition) is 1. The number of benzene rings is 2. The van der Waals surface area contributed by atoms with E-state index in [1.165, 1.54) is 62.5 Å². The maximum Gasteiger partial charge on any atom is 0.0175 e. The summed E-state index contributed by atoms with van der Waals surface area (Å²) in [7, 11) is 0. The number of unbranched alkanes of at least 4 members (excludes halogenated alkanes) is 6. The van der Waals surface area contributed by atoms with Crippen LogP contribution in [-0.2, 0) is 0 Å². The molecule has 0 aliphatic heterocycles. The van der Waals surface area contributed by atoms with E-state index in [4.69, 9.17) is 0 Å². The Kier molecular flexibility index (Phi) is 12.0. The number of hydrogen-bond donors (Lipinski definition) is 0. The summed E-state index contributed by atoms with van der Waals surface area (Å²) in [6.45, 7) is 9.05. The Hall–Kier alpha value is -2.12. The molecule has 168 valence electrons. The third kappa shape index (κ3) is 10.6. The molecular formula is C30H43N. The fraction of sp³-hybridized carbons (Fsp3) is 0.467. The Morgan fingerprint density at radius 1 is 0.645 bits per heavy atom. The van der Waals surface area contributed by atoms with Gasteiger partial charge in [0.15, 0.2) is 0 Å². The molecule has 2 aromatic carbocycles. The molecule has 0 aliphatic carbocycles. The summed E-state index contributed by atoms with van der Waals surface area (Å²) in [6.07, 6.45) is 20.0. The van der Waals surface area contributed by atoms with Crippen molar-refractivity contribution in [3.63, 3.8) is 0 Å². The van der Waals surface area contributed by atoms with Crippen LogP contribution in [0.5, 0.6) is 0 Å². The lowest BCUT2D eigenvalue weighted by Gasteiger charge is -2.38. The maximum absolute atomic E-state index is 2.61. The molecule has 0 saturated carbocycles. The SMILES string of the molecule is CCCCCCCCCC(C)(C)N(C/C=C/c1ccccc1)C/C=C/c1ccccc1. The third-order valence-electron chi connectivity index (χ3n) is 6.12. The fourth-order valence-electron chi connectivity index (χ4n) is 4.00. The van der Waals surface area contributed by atoms with E-state index in [2.05, 4.69) is 111 Å². The highest BCUT2D eigenvalue weighted by atomic mass is 15.2. The smallest absolute Gasteiger partial charge is 0.0175 e. The normalized spacial score (nSPS) is 12.4. The van der Waals surface area contributed by atoms with Crippen LogP contribution in [0.2, 0.25) is 0 Å². The molecule has 2 aromatic rings. The third-order valence-corrected chi connectivity index (χ3v) is 6.12. The van der Waals surface area contributed by atoms with Crippen molar-refractivity contribution in [2.24, 2.45) is 0 Å². The first kappa shape index (κ1) is 25.1. The first-order valence-electron chi connectivity index (χ1n) is 12.3. The standard InChI is InChI=1S/C30H43N/c1-4-5-6-7-8-9-16-25-30(2,3)31(26-17-23-28-19-12-10-13-20-28)27-18-24-29-21-14-11-15-22-29/h10-15,17-24H,4-9,16,25-27H2,1-3H3/b23-17+,24-18+. The van der Waals surface area contributed by atoms with E-state index in [9.17, 15) is 0 Å². The van der Waals surface area contributed by atoms with Gasteiger partial charge < -0.3 is 0 Å². The van der Waals surface area contributed by atoms with Crippen molar-refractivity contribution < 1.29 is 0 Å². The molecule has 0 bridgehead atoms. The lowest BCUT2D eigenvalue weighted by atomic mass is 9.93. The monoisotopic (exact) mass is 417 g/mol. The summed E-state index contributed by atoms with van der Waals surface area (Å²) >= 11 is 0. The average molecular weight is 418 g/mol. The van der Waals surface area contributed by atoms with E-state index >= 15 is 0 Å². The van der Waals surface area contributed by atoms with Gasteiger partial charge in [-0.05, 0) is 31.4 Å². The molecule has 0 spiro atoms. The van der Waals surface area contributed by atoms with Crippen LogP contribution in [0.4, 0.5) is 0 Å².